The van der Waals surface area contributed by atoms with E-state index < -0.39 is 5.97 Å². The molecule has 1 atom stereocenters. The highest BCUT2D eigenvalue weighted by Crippen LogP contribution is 2.21. The number of carboxylic acids is 1. The zero-order valence-electron chi connectivity index (χ0n) is 12.2. The monoisotopic (exact) mass is 278 g/mol. The van der Waals surface area contributed by atoms with Gasteiger partial charge in [-0.25, -0.2) is 4.79 Å². The van der Waals surface area contributed by atoms with Crippen LogP contribution in [-0.4, -0.2) is 35.6 Å². The summed E-state index contributed by atoms with van der Waals surface area (Å²) in [7, 11) is 1.74. The van der Waals surface area contributed by atoms with Crippen molar-refractivity contribution in [3.8, 4) is 0 Å². The van der Waals surface area contributed by atoms with E-state index >= 15 is 0 Å². The number of amides is 2. The summed E-state index contributed by atoms with van der Waals surface area (Å²) in [6.07, 6.45) is 0.505. The molecule has 0 spiro atoms. The highest BCUT2D eigenvalue weighted by Gasteiger charge is 2.18. The van der Waals surface area contributed by atoms with Crippen LogP contribution >= 0.6 is 0 Å². The number of aryl methyl sites for hydroxylation is 1. The molecule has 1 rings (SSSR count). The maximum Gasteiger partial charge on any atom is 0.317 e. The Kier molecular flexibility index (Phi) is 6.03. The van der Waals surface area contributed by atoms with E-state index in [1.54, 1.807) is 11.9 Å². The number of carbonyl (C=O) groups is 2. The van der Waals surface area contributed by atoms with Crippen LogP contribution < -0.4 is 5.32 Å². The lowest BCUT2D eigenvalue weighted by molar-refractivity contribution is -0.137. The molecule has 0 aliphatic carbocycles. The minimum absolute atomic E-state index is 0.0318. The Labute approximate surface area is 119 Å². The van der Waals surface area contributed by atoms with Gasteiger partial charge in [0.15, 0.2) is 0 Å². The minimum atomic E-state index is -0.846. The Morgan fingerprint density at radius 2 is 2.00 bits per heavy atom. The summed E-state index contributed by atoms with van der Waals surface area (Å²) in [6.45, 7) is 4.36. The lowest BCUT2D eigenvalue weighted by Crippen LogP contribution is -2.39. The summed E-state index contributed by atoms with van der Waals surface area (Å²) >= 11 is 0. The number of hydrogen-bond donors (Lipinski definition) is 2. The molecule has 5 heteroatoms. The molecule has 0 aliphatic rings. The molecule has 5 nitrogen and oxygen atoms in total. The van der Waals surface area contributed by atoms with Crippen molar-refractivity contribution in [1.29, 1.82) is 0 Å². The van der Waals surface area contributed by atoms with Gasteiger partial charge in [0.2, 0.25) is 0 Å². The Hall–Kier alpha value is -2.04. The molecule has 0 saturated heterocycles. The van der Waals surface area contributed by atoms with Gasteiger partial charge in [0, 0.05) is 20.0 Å². The standard InChI is InChI=1S/C15H22N2O3/c1-11-7-4-5-8-13(11)12(2)17(3)15(20)16-10-6-9-14(18)19/h4-5,7-8,12H,6,9-10H2,1-3H3,(H,16,20)(H,18,19). The third-order valence-corrected chi connectivity index (χ3v) is 3.38. The van der Waals surface area contributed by atoms with Gasteiger partial charge in [-0.3, -0.25) is 4.79 Å². The largest absolute Gasteiger partial charge is 0.481 e. The third kappa shape index (κ3) is 4.57. The SMILES string of the molecule is Cc1ccccc1C(C)N(C)C(=O)NCCCC(=O)O. The summed E-state index contributed by atoms with van der Waals surface area (Å²) in [5, 5.41) is 11.3. The first kappa shape index (κ1) is 16.0. The van der Waals surface area contributed by atoms with Crippen molar-refractivity contribution in [2.24, 2.45) is 0 Å². The van der Waals surface area contributed by atoms with E-state index in [1.807, 2.05) is 38.1 Å². The van der Waals surface area contributed by atoms with E-state index in [4.69, 9.17) is 5.11 Å². The van der Waals surface area contributed by atoms with Gasteiger partial charge in [0.25, 0.3) is 0 Å². The molecule has 20 heavy (non-hydrogen) atoms. The number of carboxylic acid groups (broad SMARTS) is 1. The van der Waals surface area contributed by atoms with Gasteiger partial charge in [-0.2, -0.15) is 0 Å². The van der Waals surface area contributed by atoms with E-state index in [0.29, 0.717) is 13.0 Å². The summed E-state index contributed by atoms with van der Waals surface area (Å²) in [6, 6.07) is 7.73. The average molecular weight is 278 g/mol. The highest BCUT2D eigenvalue weighted by molar-refractivity contribution is 5.74. The van der Waals surface area contributed by atoms with Gasteiger partial charge in [-0.05, 0) is 31.4 Å². The maximum atomic E-state index is 12.0. The molecule has 2 amide bonds. The first-order valence-corrected chi connectivity index (χ1v) is 6.71. The van der Waals surface area contributed by atoms with Crippen LogP contribution in [0.2, 0.25) is 0 Å². The van der Waals surface area contributed by atoms with Crippen LogP contribution in [0.4, 0.5) is 4.79 Å². The summed E-state index contributed by atoms with van der Waals surface area (Å²) in [5.41, 5.74) is 2.25. The van der Waals surface area contributed by atoms with Crippen molar-refractivity contribution in [3.05, 3.63) is 35.4 Å². The van der Waals surface area contributed by atoms with Crippen molar-refractivity contribution in [1.82, 2.24) is 10.2 Å². The molecule has 0 saturated carbocycles. The Morgan fingerprint density at radius 1 is 1.35 bits per heavy atom. The summed E-state index contributed by atoms with van der Waals surface area (Å²) in [5.74, 6) is -0.846. The smallest absolute Gasteiger partial charge is 0.317 e. The molecule has 0 fully saturated rings. The van der Waals surface area contributed by atoms with Crippen molar-refractivity contribution >= 4 is 12.0 Å². The summed E-state index contributed by atoms with van der Waals surface area (Å²) < 4.78 is 0. The third-order valence-electron chi connectivity index (χ3n) is 3.38. The molecular weight excluding hydrogens is 256 g/mol. The highest BCUT2D eigenvalue weighted by atomic mass is 16.4. The average Bonchev–Trinajstić information content (AvgIpc) is 2.42. The van der Waals surface area contributed by atoms with Gasteiger partial charge in [0.05, 0.1) is 6.04 Å². The molecular formula is C15H22N2O3. The van der Waals surface area contributed by atoms with E-state index in [-0.39, 0.29) is 18.5 Å². The molecule has 0 bridgehead atoms. The molecule has 0 aliphatic heterocycles. The fraction of sp³-hybridized carbons (Fsp3) is 0.467. The van der Waals surface area contributed by atoms with E-state index in [2.05, 4.69) is 5.32 Å². The minimum Gasteiger partial charge on any atom is -0.481 e. The molecule has 1 aromatic carbocycles. The van der Waals surface area contributed by atoms with Crippen LogP contribution in [0.15, 0.2) is 24.3 Å². The predicted molar refractivity (Wildman–Crippen MR) is 77.6 cm³/mol. The number of nitrogens with one attached hydrogen (secondary N) is 1. The Bertz CT molecular complexity index is 474. The number of hydrogen-bond acceptors (Lipinski definition) is 2. The molecule has 1 aromatic rings. The van der Waals surface area contributed by atoms with Crippen LogP contribution in [0.5, 0.6) is 0 Å². The first-order valence-electron chi connectivity index (χ1n) is 6.71. The number of urea groups is 1. The van der Waals surface area contributed by atoms with Crippen LogP contribution in [0, 0.1) is 6.92 Å². The predicted octanol–water partition coefficient (Wildman–Crippen LogP) is 2.56. The van der Waals surface area contributed by atoms with Gasteiger partial charge < -0.3 is 15.3 Å². The fourth-order valence-corrected chi connectivity index (χ4v) is 2.00. The molecule has 110 valence electrons. The van der Waals surface area contributed by atoms with Crippen molar-refractivity contribution in [2.75, 3.05) is 13.6 Å². The zero-order valence-corrected chi connectivity index (χ0v) is 12.2. The molecule has 0 radical (unpaired) electrons. The van der Waals surface area contributed by atoms with E-state index in [0.717, 1.165) is 11.1 Å². The van der Waals surface area contributed by atoms with Crippen molar-refractivity contribution < 1.29 is 14.7 Å². The Balaban J connectivity index is 2.52. The summed E-state index contributed by atoms with van der Waals surface area (Å²) in [4.78, 5) is 24.0. The second-order valence-corrected chi connectivity index (χ2v) is 4.87. The quantitative estimate of drug-likeness (QED) is 0.786. The van der Waals surface area contributed by atoms with E-state index in [9.17, 15) is 9.59 Å². The van der Waals surface area contributed by atoms with Gasteiger partial charge in [-0.1, -0.05) is 24.3 Å². The van der Waals surface area contributed by atoms with Crippen molar-refractivity contribution in [2.45, 2.75) is 32.7 Å². The topological polar surface area (TPSA) is 69.6 Å². The molecule has 0 heterocycles. The van der Waals surface area contributed by atoms with E-state index in [1.165, 1.54) is 0 Å². The van der Waals surface area contributed by atoms with Crippen LogP contribution in [-0.2, 0) is 4.79 Å². The molecule has 0 aromatic heterocycles. The molecule has 2 N–H and O–H groups in total. The second-order valence-electron chi connectivity index (χ2n) is 4.87. The lowest BCUT2D eigenvalue weighted by atomic mass is 10.0. The van der Waals surface area contributed by atoms with Crippen LogP contribution in [0.1, 0.15) is 36.9 Å². The molecule has 1 unspecified atom stereocenters. The number of rotatable bonds is 6. The normalized spacial score (nSPS) is 11.8. The maximum absolute atomic E-state index is 12.0. The number of nitrogens with zero attached hydrogens (tertiary/aromatic N) is 1. The number of benzene rings is 1. The zero-order chi connectivity index (χ0) is 15.1. The van der Waals surface area contributed by atoms with Crippen molar-refractivity contribution in [3.63, 3.8) is 0 Å². The van der Waals surface area contributed by atoms with Crippen LogP contribution in [0.3, 0.4) is 0 Å². The number of carbonyl (C=O) groups excluding carboxylic acids is 1. The van der Waals surface area contributed by atoms with Gasteiger partial charge in [-0.15, -0.1) is 0 Å². The first-order chi connectivity index (χ1) is 9.43. The number of aliphatic carboxylic acids is 1. The fourth-order valence-electron chi connectivity index (χ4n) is 2.00. The van der Waals surface area contributed by atoms with Gasteiger partial charge in [0.1, 0.15) is 0 Å². The second kappa shape index (κ2) is 7.53. The van der Waals surface area contributed by atoms with Crippen LogP contribution in [0.25, 0.3) is 0 Å². The lowest BCUT2D eigenvalue weighted by Gasteiger charge is -2.26. The Morgan fingerprint density at radius 3 is 2.60 bits per heavy atom. The van der Waals surface area contributed by atoms with Gasteiger partial charge >= 0.3 is 12.0 Å².